The van der Waals surface area contributed by atoms with E-state index in [1.54, 1.807) is 4.90 Å². The van der Waals surface area contributed by atoms with Crippen LogP contribution >= 0.6 is 11.3 Å². The monoisotopic (exact) mass is 398 g/mol. The molecule has 1 saturated heterocycles. The van der Waals surface area contributed by atoms with Crippen molar-refractivity contribution in [2.24, 2.45) is 5.92 Å². The van der Waals surface area contributed by atoms with E-state index in [0.717, 1.165) is 34.7 Å². The summed E-state index contributed by atoms with van der Waals surface area (Å²) >= 11 is 1.48. The molecule has 7 heteroatoms. The van der Waals surface area contributed by atoms with Gasteiger partial charge in [-0.2, -0.15) is 0 Å². The zero-order valence-electron chi connectivity index (χ0n) is 16.4. The normalized spacial score (nSPS) is 20.6. The number of carbonyl (C=O) groups is 2. The van der Waals surface area contributed by atoms with Gasteiger partial charge in [-0.05, 0) is 43.9 Å². The second-order valence-electron chi connectivity index (χ2n) is 7.89. The quantitative estimate of drug-likeness (QED) is 0.838. The maximum Gasteiger partial charge on any atom is 0.231 e. The molecule has 1 aromatic heterocycles. The first-order chi connectivity index (χ1) is 13.5. The van der Waals surface area contributed by atoms with Crippen molar-refractivity contribution >= 4 is 34.0 Å². The smallest absolute Gasteiger partial charge is 0.231 e. The van der Waals surface area contributed by atoms with E-state index >= 15 is 0 Å². The molecule has 2 heterocycles. The number of hydrogen-bond donors (Lipinski definition) is 1. The molecule has 1 aliphatic carbocycles. The van der Waals surface area contributed by atoms with Crippen LogP contribution in [-0.4, -0.2) is 28.6 Å². The Labute approximate surface area is 169 Å². The average Bonchev–Trinajstić information content (AvgIpc) is 3.32. The van der Waals surface area contributed by atoms with Crippen LogP contribution in [0, 0.1) is 19.8 Å². The number of aryl methyl sites for hydroxylation is 1. The lowest BCUT2D eigenvalue weighted by atomic mass is 9.90. The maximum atomic E-state index is 12.7. The molecule has 1 N–H and O–H groups in total. The number of hydrogen-bond acceptors (Lipinski definition) is 5. The molecule has 1 aliphatic heterocycles. The number of amides is 2. The molecule has 1 atom stereocenters. The fourth-order valence-electron chi connectivity index (χ4n) is 4.15. The van der Waals surface area contributed by atoms with Crippen molar-refractivity contribution in [2.75, 3.05) is 16.8 Å². The number of anilines is 2. The van der Waals surface area contributed by atoms with Gasteiger partial charge in [-0.25, -0.2) is 0 Å². The molecule has 1 saturated carbocycles. The topological polar surface area (TPSA) is 75.2 Å². The second kappa shape index (κ2) is 7.99. The Hall–Kier alpha value is -2.28. The summed E-state index contributed by atoms with van der Waals surface area (Å²) in [6.45, 7) is 4.45. The molecular formula is C21H26N4O2S. The Morgan fingerprint density at radius 2 is 1.96 bits per heavy atom. The maximum absolute atomic E-state index is 12.7. The van der Waals surface area contributed by atoms with E-state index in [9.17, 15) is 9.59 Å². The minimum absolute atomic E-state index is 0.00555. The highest BCUT2D eigenvalue weighted by atomic mass is 32.1. The van der Waals surface area contributed by atoms with Gasteiger partial charge in [0.25, 0.3) is 0 Å². The Balaban J connectivity index is 1.41. The van der Waals surface area contributed by atoms with E-state index in [1.807, 2.05) is 32.0 Å². The van der Waals surface area contributed by atoms with Crippen LogP contribution in [0.25, 0.3) is 0 Å². The lowest BCUT2D eigenvalue weighted by Gasteiger charge is -2.20. The molecule has 0 radical (unpaired) electrons. The van der Waals surface area contributed by atoms with Crippen LogP contribution in [0.3, 0.4) is 0 Å². The largest absolute Gasteiger partial charge is 0.311 e. The van der Waals surface area contributed by atoms with Gasteiger partial charge in [0, 0.05) is 24.6 Å². The minimum atomic E-state index is -0.366. The number of aromatic nitrogens is 2. The van der Waals surface area contributed by atoms with Crippen LogP contribution in [0.5, 0.6) is 0 Å². The van der Waals surface area contributed by atoms with Crippen molar-refractivity contribution in [3.8, 4) is 0 Å². The number of rotatable bonds is 4. The lowest BCUT2D eigenvalue weighted by molar-refractivity contribution is -0.122. The van der Waals surface area contributed by atoms with E-state index in [4.69, 9.17) is 0 Å². The predicted octanol–water partition coefficient (Wildman–Crippen LogP) is 4.19. The van der Waals surface area contributed by atoms with Crippen LogP contribution in [0.15, 0.2) is 18.2 Å². The molecule has 1 aromatic carbocycles. The van der Waals surface area contributed by atoms with Gasteiger partial charge in [-0.15, -0.1) is 10.2 Å². The van der Waals surface area contributed by atoms with E-state index in [-0.39, 0.29) is 24.2 Å². The fraction of sp³-hybridized carbons (Fsp3) is 0.524. The van der Waals surface area contributed by atoms with E-state index in [2.05, 4.69) is 15.5 Å². The highest BCUT2D eigenvalue weighted by Gasteiger charge is 2.36. The summed E-state index contributed by atoms with van der Waals surface area (Å²) in [5.41, 5.74) is 3.12. The van der Waals surface area contributed by atoms with Gasteiger partial charge in [0.15, 0.2) is 0 Å². The Morgan fingerprint density at radius 3 is 2.75 bits per heavy atom. The van der Waals surface area contributed by atoms with Crippen molar-refractivity contribution in [3.63, 3.8) is 0 Å². The molecule has 148 valence electrons. The van der Waals surface area contributed by atoms with Gasteiger partial charge in [0.05, 0.1) is 5.92 Å². The molecule has 2 amide bonds. The first-order valence-electron chi connectivity index (χ1n) is 10.0. The standard InChI is InChI=1S/C21H26N4O2S/c1-13-7-6-10-17(14(13)2)25-12-16(11-18(25)26)19(27)22-21-24-23-20(28-21)15-8-4-3-5-9-15/h6-7,10,15-16H,3-5,8-9,11-12H2,1-2H3,(H,22,24,27)/t16-/m1/s1. The third-order valence-electron chi connectivity index (χ3n) is 5.99. The zero-order chi connectivity index (χ0) is 19.7. The van der Waals surface area contributed by atoms with Crippen molar-refractivity contribution in [1.29, 1.82) is 0 Å². The third-order valence-corrected chi connectivity index (χ3v) is 6.99. The van der Waals surface area contributed by atoms with Crippen LogP contribution in [0.4, 0.5) is 10.8 Å². The van der Waals surface area contributed by atoms with Gasteiger partial charge < -0.3 is 10.2 Å². The Kier molecular flexibility index (Phi) is 5.44. The molecule has 0 bridgehead atoms. The molecule has 2 aliphatic rings. The number of carbonyl (C=O) groups excluding carboxylic acids is 2. The summed E-state index contributed by atoms with van der Waals surface area (Å²) in [6.07, 6.45) is 6.32. The summed E-state index contributed by atoms with van der Waals surface area (Å²) in [6, 6.07) is 5.93. The highest BCUT2D eigenvalue weighted by Crippen LogP contribution is 2.35. The molecule has 28 heavy (non-hydrogen) atoms. The molecule has 2 fully saturated rings. The van der Waals surface area contributed by atoms with Crippen molar-refractivity contribution in [1.82, 2.24) is 10.2 Å². The SMILES string of the molecule is Cc1cccc(N2C[C@H](C(=O)Nc3nnc(C4CCCCC4)s3)CC2=O)c1C. The van der Waals surface area contributed by atoms with Crippen molar-refractivity contribution in [2.45, 2.75) is 58.3 Å². The van der Waals surface area contributed by atoms with Crippen LogP contribution in [-0.2, 0) is 9.59 Å². The molecule has 2 aromatic rings. The lowest BCUT2D eigenvalue weighted by Crippen LogP contribution is -2.28. The molecule has 0 spiro atoms. The van der Waals surface area contributed by atoms with Crippen molar-refractivity contribution in [3.05, 3.63) is 34.3 Å². The molecule has 0 unspecified atom stereocenters. The number of benzene rings is 1. The first kappa shape index (κ1) is 19.1. The summed E-state index contributed by atoms with van der Waals surface area (Å²) in [5, 5.41) is 12.9. The van der Waals surface area contributed by atoms with Gasteiger partial charge in [0.2, 0.25) is 16.9 Å². The van der Waals surface area contributed by atoms with Crippen LogP contribution < -0.4 is 10.2 Å². The third kappa shape index (κ3) is 3.81. The van der Waals surface area contributed by atoms with Gasteiger partial charge in [0.1, 0.15) is 5.01 Å². The number of nitrogens with one attached hydrogen (secondary N) is 1. The van der Waals surface area contributed by atoms with E-state index in [0.29, 0.717) is 17.6 Å². The van der Waals surface area contributed by atoms with Gasteiger partial charge in [-0.1, -0.05) is 42.7 Å². The zero-order valence-corrected chi connectivity index (χ0v) is 17.2. The Morgan fingerprint density at radius 1 is 1.18 bits per heavy atom. The predicted molar refractivity (Wildman–Crippen MR) is 111 cm³/mol. The first-order valence-corrected chi connectivity index (χ1v) is 10.9. The van der Waals surface area contributed by atoms with Gasteiger partial charge in [-0.3, -0.25) is 9.59 Å². The van der Waals surface area contributed by atoms with Crippen LogP contribution in [0.1, 0.15) is 60.6 Å². The summed E-state index contributed by atoms with van der Waals surface area (Å²) < 4.78 is 0. The molecule has 4 rings (SSSR count). The Bertz CT molecular complexity index is 888. The van der Waals surface area contributed by atoms with E-state index < -0.39 is 0 Å². The molecule has 6 nitrogen and oxygen atoms in total. The minimum Gasteiger partial charge on any atom is -0.311 e. The summed E-state index contributed by atoms with van der Waals surface area (Å²) in [4.78, 5) is 27.0. The molecular weight excluding hydrogens is 372 g/mol. The average molecular weight is 399 g/mol. The van der Waals surface area contributed by atoms with Gasteiger partial charge >= 0.3 is 0 Å². The number of nitrogens with zero attached hydrogens (tertiary/aromatic N) is 3. The summed E-state index contributed by atoms with van der Waals surface area (Å²) in [7, 11) is 0. The highest BCUT2D eigenvalue weighted by molar-refractivity contribution is 7.15. The van der Waals surface area contributed by atoms with Crippen molar-refractivity contribution < 1.29 is 9.59 Å². The fourth-order valence-corrected chi connectivity index (χ4v) is 5.07. The summed E-state index contributed by atoms with van der Waals surface area (Å²) in [5.74, 6) is -0.0410. The second-order valence-corrected chi connectivity index (χ2v) is 8.90. The van der Waals surface area contributed by atoms with E-state index in [1.165, 1.54) is 30.6 Å². The van der Waals surface area contributed by atoms with Crippen LogP contribution in [0.2, 0.25) is 0 Å².